The van der Waals surface area contributed by atoms with Crippen molar-refractivity contribution in [3.63, 3.8) is 0 Å². The molecule has 6 nitrogen and oxygen atoms in total. The number of amides is 1. The van der Waals surface area contributed by atoms with Crippen LogP contribution in [0.1, 0.15) is 49.8 Å². The van der Waals surface area contributed by atoms with Gasteiger partial charge in [-0.25, -0.2) is 0 Å². The molecule has 0 spiro atoms. The number of halogens is 1. The number of hydrogen-bond acceptors (Lipinski definition) is 3. The molecule has 1 aliphatic heterocycles. The van der Waals surface area contributed by atoms with Crippen LogP contribution in [0.4, 0.5) is 0 Å². The highest BCUT2D eigenvalue weighted by Crippen LogP contribution is 2.26. The van der Waals surface area contributed by atoms with Gasteiger partial charge in [-0.3, -0.25) is 9.79 Å². The highest BCUT2D eigenvalue weighted by atomic mass is 127. The second kappa shape index (κ2) is 12.4. The number of benzene rings is 1. The van der Waals surface area contributed by atoms with Gasteiger partial charge in [0.25, 0.3) is 0 Å². The Morgan fingerprint density at radius 1 is 1.28 bits per heavy atom. The minimum Gasteiger partial charge on any atom is -0.370 e. The third-order valence-corrected chi connectivity index (χ3v) is 5.61. The number of morpholine rings is 1. The Kier molecular flexibility index (Phi) is 10.2. The lowest BCUT2D eigenvalue weighted by molar-refractivity contribution is -0.127. The van der Waals surface area contributed by atoms with Gasteiger partial charge in [0.1, 0.15) is 6.10 Å². The molecule has 2 N–H and O–H groups in total. The molecule has 1 saturated heterocycles. The van der Waals surface area contributed by atoms with Crippen LogP contribution in [-0.2, 0) is 9.53 Å². The normalized spacial score (nSPS) is 19.9. The summed E-state index contributed by atoms with van der Waals surface area (Å²) in [6.07, 6.45) is 4.22. The van der Waals surface area contributed by atoms with E-state index in [-0.39, 0.29) is 41.9 Å². The van der Waals surface area contributed by atoms with Crippen molar-refractivity contribution in [1.82, 2.24) is 15.5 Å². The summed E-state index contributed by atoms with van der Waals surface area (Å²) in [6, 6.07) is 8.42. The maximum absolute atomic E-state index is 11.9. The smallest absolute Gasteiger partial charge is 0.223 e. The summed E-state index contributed by atoms with van der Waals surface area (Å²) < 4.78 is 6.04. The first-order valence-corrected chi connectivity index (χ1v) is 10.7. The van der Waals surface area contributed by atoms with E-state index in [1.54, 1.807) is 0 Å². The number of ether oxygens (including phenoxy) is 1. The van der Waals surface area contributed by atoms with Gasteiger partial charge in [-0.2, -0.15) is 0 Å². The second-order valence-corrected chi connectivity index (χ2v) is 7.67. The number of carbonyl (C=O) groups excluding carboxylic acids is 1. The number of carbonyl (C=O) groups is 1. The molecule has 1 heterocycles. The Bertz CT molecular complexity index is 679. The number of hydrogen-bond donors (Lipinski definition) is 2. The molecule has 1 unspecified atom stereocenters. The molecule has 1 aliphatic carbocycles. The highest BCUT2D eigenvalue weighted by molar-refractivity contribution is 14.0. The van der Waals surface area contributed by atoms with Crippen molar-refractivity contribution in [2.75, 3.05) is 39.3 Å². The maximum Gasteiger partial charge on any atom is 0.223 e. The van der Waals surface area contributed by atoms with E-state index in [4.69, 9.17) is 9.73 Å². The first-order chi connectivity index (χ1) is 13.7. The zero-order chi connectivity index (χ0) is 19.8. The molecular weight excluding hydrogens is 479 g/mol. The van der Waals surface area contributed by atoms with Gasteiger partial charge in [0.2, 0.25) is 5.91 Å². The van der Waals surface area contributed by atoms with Crippen molar-refractivity contribution in [3.05, 3.63) is 35.4 Å². The van der Waals surface area contributed by atoms with Crippen LogP contribution in [0.2, 0.25) is 0 Å². The van der Waals surface area contributed by atoms with Crippen molar-refractivity contribution >= 4 is 35.8 Å². The fourth-order valence-corrected chi connectivity index (χ4v) is 3.69. The lowest BCUT2D eigenvalue weighted by Crippen LogP contribution is -2.48. The molecule has 7 heteroatoms. The molecule has 0 bridgehead atoms. The molecule has 1 aromatic rings. The Morgan fingerprint density at radius 3 is 2.76 bits per heavy atom. The standard InChI is InChI=1S/C22H34N4O2.HI/c1-3-23-22(25-13-7-12-24-21(27)18-9-6-10-18)26-14-15-28-20(16-26)19-11-5-4-8-17(19)2;/h4-5,8,11,18,20H,3,6-7,9-10,12-16H2,1-2H3,(H,23,25)(H,24,27);1H. The summed E-state index contributed by atoms with van der Waals surface area (Å²) in [4.78, 5) is 19.0. The predicted octanol–water partition coefficient (Wildman–Crippen LogP) is 3.26. The van der Waals surface area contributed by atoms with Gasteiger partial charge in [-0.1, -0.05) is 30.7 Å². The zero-order valence-electron chi connectivity index (χ0n) is 17.7. The molecule has 1 atom stereocenters. The van der Waals surface area contributed by atoms with Crippen molar-refractivity contribution in [2.24, 2.45) is 10.9 Å². The van der Waals surface area contributed by atoms with Gasteiger partial charge < -0.3 is 20.3 Å². The Morgan fingerprint density at radius 2 is 2.07 bits per heavy atom. The summed E-state index contributed by atoms with van der Waals surface area (Å²) in [7, 11) is 0. The molecule has 1 amide bonds. The number of aryl methyl sites for hydroxylation is 1. The van der Waals surface area contributed by atoms with E-state index in [2.05, 4.69) is 53.6 Å². The van der Waals surface area contributed by atoms with E-state index in [9.17, 15) is 4.79 Å². The topological polar surface area (TPSA) is 66.0 Å². The second-order valence-electron chi connectivity index (χ2n) is 7.67. The third-order valence-electron chi connectivity index (χ3n) is 5.61. The van der Waals surface area contributed by atoms with E-state index in [0.717, 1.165) is 44.9 Å². The summed E-state index contributed by atoms with van der Waals surface area (Å²) >= 11 is 0. The Labute approximate surface area is 191 Å². The van der Waals surface area contributed by atoms with Gasteiger partial charge in [0.15, 0.2) is 5.96 Å². The highest BCUT2D eigenvalue weighted by Gasteiger charge is 2.25. The monoisotopic (exact) mass is 514 g/mol. The van der Waals surface area contributed by atoms with Gasteiger partial charge in [-0.05, 0) is 44.2 Å². The predicted molar refractivity (Wildman–Crippen MR) is 128 cm³/mol. The van der Waals surface area contributed by atoms with E-state index in [0.29, 0.717) is 19.7 Å². The molecule has 29 heavy (non-hydrogen) atoms. The fraction of sp³-hybridized carbons (Fsp3) is 0.636. The van der Waals surface area contributed by atoms with Crippen LogP contribution in [0.3, 0.4) is 0 Å². The number of aliphatic imine (C=N–C) groups is 1. The lowest BCUT2D eigenvalue weighted by atomic mass is 9.85. The summed E-state index contributed by atoms with van der Waals surface area (Å²) in [5, 5.41) is 6.45. The molecule has 0 aromatic heterocycles. The third kappa shape index (κ3) is 6.84. The van der Waals surface area contributed by atoms with Gasteiger partial charge in [0, 0.05) is 32.1 Å². The molecular formula is C22H35IN4O2. The number of nitrogens with one attached hydrogen (secondary N) is 2. The molecule has 2 fully saturated rings. The molecule has 162 valence electrons. The summed E-state index contributed by atoms with van der Waals surface area (Å²) in [6.45, 7) is 8.81. The lowest BCUT2D eigenvalue weighted by Gasteiger charge is -2.35. The first kappa shape index (κ1) is 23.9. The first-order valence-electron chi connectivity index (χ1n) is 10.7. The quantitative estimate of drug-likeness (QED) is 0.254. The van der Waals surface area contributed by atoms with E-state index >= 15 is 0 Å². The molecule has 1 aromatic carbocycles. The van der Waals surface area contributed by atoms with Crippen LogP contribution in [0.5, 0.6) is 0 Å². The zero-order valence-corrected chi connectivity index (χ0v) is 20.0. The van der Waals surface area contributed by atoms with E-state index in [1.165, 1.54) is 17.5 Å². The number of guanidine groups is 1. The van der Waals surface area contributed by atoms with Crippen molar-refractivity contribution in [1.29, 1.82) is 0 Å². The minimum atomic E-state index is 0. The SMILES string of the molecule is CCNC(=NCCCNC(=O)C1CCC1)N1CCOC(c2ccccc2C)C1.I. The van der Waals surface area contributed by atoms with Crippen LogP contribution in [0, 0.1) is 12.8 Å². The average molecular weight is 514 g/mol. The number of nitrogens with zero attached hydrogens (tertiary/aromatic N) is 2. The van der Waals surface area contributed by atoms with Crippen molar-refractivity contribution < 1.29 is 9.53 Å². The summed E-state index contributed by atoms with van der Waals surface area (Å²) in [5.41, 5.74) is 2.51. The fourth-order valence-electron chi connectivity index (χ4n) is 3.69. The van der Waals surface area contributed by atoms with Crippen LogP contribution in [0.25, 0.3) is 0 Å². The van der Waals surface area contributed by atoms with Crippen LogP contribution >= 0.6 is 24.0 Å². The molecule has 0 radical (unpaired) electrons. The van der Waals surface area contributed by atoms with Crippen molar-refractivity contribution in [2.45, 2.75) is 45.6 Å². The van der Waals surface area contributed by atoms with Crippen LogP contribution in [-0.4, -0.2) is 56.1 Å². The van der Waals surface area contributed by atoms with E-state index < -0.39 is 0 Å². The van der Waals surface area contributed by atoms with Gasteiger partial charge >= 0.3 is 0 Å². The largest absolute Gasteiger partial charge is 0.370 e. The van der Waals surface area contributed by atoms with Crippen LogP contribution < -0.4 is 10.6 Å². The minimum absolute atomic E-state index is 0. The molecule has 2 aliphatic rings. The Balaban J connectivity index is 0.00000300. The number of rotatable bonds is 7. The van der Waals surface area contributed by atoms with Crippen LogP contribution in [0.15, 0.2) is 29.3 Å². The average Bonchev–Trinajstić information content (AvgIpc) is 2.66. The molecule has 1 saturated carbocycles. The van der Waals surface area contributed by atoms with Crippen molar-refractivity contribution in [3.8, 4) is 0 Å². The Hall–Kier alpha value is -1.35. The summed E-state index contributed by atoms with van der Waals surface area (Å²) in [5.74, 6) is 1.42. The van der Waals surface area contributed by atoms with Gasteiger partial charge in [0.05, 0.1) is 13.2 Å². The van der Waals surface area contributed by atoms with E-state index in [1.807, 2.05) is 0 Å². The van der Waals surface area contributed by atoms with Gasteiger partial charge in [-0.15, -0.1) is 24.0 Å². The maximum atomic E-state index is 11.9. The molecule has 3 rings (SSSR count).